The van der Waals surface area contributed by atoms with Crippen LogP contribution in [0.4, 0.5) is 0 Å². The van der Waals surface area contributed by atoms with Crippen LogP contribution < -0.4 is 11.1 Å². The van der Waals surface area contributed by atoms with Crippen LogP contribution >= 0.6 is 24.0 Å². The van der Waals surface area contributed by atoms with E-state index in [9.17, 15) is 0 Å². The molecule has 1 heterocycles. The Labute approximate surface area is 141 Å². The van der Waals surface area contributed by atoms with Gasteiger partial charge in [0.25, 0.3) is 0 Å². The molecule has 6 heteroatoms. The molecule has 0 aromatic heterocycles. The Hall–Kier alpha value is -0.0800. The third kappa shape index (κ3) is 9.77. The topological polar surface area (TPSA) is 56.9 Å². The number of likely N-dealkylation sites (N-methyl/N-ethyl adjacent to an activating group) is 1. The van der Waals surface area contributed by atoms with Crippen LogP contribution in [0.15, 0.2) is 4.99 Å². The molecule has 0 aromatic carbocycles. The van der Waals surface area contributed by atoms with Crippen LogP contribution in [0.2, 0.25) is 0 Å². The predicted molar refractivity (Wildman–Crippen MR) is 97.9 cm³/mol. The van der Waals surface area contributed by atoms with Crippen LogP contribution in [0.1, 0.15) is 26.7 Å². The van der Waals surface area contributed by atoms with Gasteiger partial charge in [0.15, 0.2) is 5.96 Å². The molecule has 0 saturated carbocycles. The molecule has 0 bridgehead atoms. The summed E-state index contributed by atoms with van der Waals surface area (Å²) in [7, 11) is 2.20. The molecule has 1 saturated heterocycles. The van der Waals surface area contributed by atoms with Gasteiger partial charge in [0.05, 0.1) is 0 Å². The van der Waals surface area contributed by atoms with Gasteiger partial charge < -0.3 is 20.9 Å². The number of nitrogens with one attached hydrogen (secondary N) is 1. The lowest BCUT2D eigenvalue weighted by Crippen LogP contribution is -2.39. The Kier molecular flexibility index (Phi) is 11.5. The molecule has 0 atom stereocenters. The SMILES string of the molecule is CC(C)CCN=C(N)NCCN1CCCN(C)CC1.I. The average Bonchev–Trinajstić information content (AvgIpc) is 2.54. The average molecular weight is 397 g/mol. The quantitative estimate of drug-likeness (QED) is 0.402. The van der Waals surface area contributed by atoms with Crippen molar-refractivity contribution in [3.63, 3.8) is 0 Å². The summed E-state index contributed by atoms with van der Waals surface area (Å²) < 4.78 is 0. The van der Waals surface area contributed by atoms with E-state index in [1.165, 1.54) is 19.5 Å². The Bertz CT molecular complexity index is 270. The van der Waals surface area contributed by atoms with Crippen molar-refractivity contribution in [1.82, 2.24) is 15.1 Å². The van der Waals surface area contributed by atoms with Gasteiger partial charge in [-0.2, -0.15) is 0 Å². The van der Waals surface area contributed by atoms with E-state index in [1.54, 1.807) is 0 Å². The van der Waals surface area contributed by atoms with Gasteiger partial charge >= 0.3 is 0 Å². The smallest absolute Gasteiger partial charge is 0.188 e. The third-order valence-corrected chi connectivity index (χ3v) is 3.53. The number of nitrogens with two attached hydrogens (primary N) is 1. The van der Waals surface area contributed by atoms with Crippen molar-refractivity contribution in [3.8, 4) is 0 Å². The number of hydrogen-bond donors (Lipinski definition) is 2. The van der Waals surface area contributed by atoms with Gasteiger partial charge in [-0.1, -0.05) is 13.8 Å². The molecule has 0 unspecified atom stereocenters. The molecular formula is C14H32IN5. The highest BCUT2D eigenvalue weighted by atomic mass is 127. The minimum Gasteiger partial charge on any atom is -0.370 e. The second-order valence-electron chi connectivity index (χ2n) is 5.87. The van der Waals surface area contributed by atoms with Crippen molar-refractivity contribution in [2.45, 2.75) is 26.7 Å². The Morgan fingerprint density at radius 3 is 2.70 bits per heavy atom. The highest BCUT2D eigenvalue weighted by Crippen LogP contribution is 2.00. The molecule has 0 aliphatic carbocycles. The van der Waals surface area contributed by atoms with Gasteiger partial charge in [0.2, 0.25) is 0 Å². The van der Waals surface area contributed by atoms with Crippen molar-refractivity contribution < 1.29 is 0 Å². The van der Waals surface area contributed by atoms with E-state index in [4.69, 9.17) is 5.73 Å². The first-order valence-corrected chi connectivity index (χ1v) is 7.52. The standard InChI is InChI=1S/C14H31N5.HI/c1-13(2)5-6-16-14(15)17-7-10-19-9-4-8-18(3)11-12-19;/h13H,4-12H2,1-3H3,(H3,15,16,17);1H. The molecule has 0 aromatic rings. The van der Waals surface area contributed by atoms with Crippen LogP contribution in [0, 0.1) is 5.92 Å². The van der Waals surface area contributed by atoms with Crippen molar-refractivity contribution in [2.75, 3.05) is 52.9 Å². The summed E-state index contributed by atoms with van der Waals surface area (Å²) in [6.07, 6.45) is 2.36. The monoisotopic (exact) mass is 397 g/mol. The van der Waals surface area contributed by atoms with E-state index >= 15 is 0 Å². The Morgan fingerprint density at radius 1 is 1.25 bits per heavy atom. The molecule has 1 aliphatic rings. The maximum atomic E-state index is 5.84. The molecule has 1 fully saturated rings. The fourth-order valence-electron chi connectivity index (χ4n) is 2.16. The van der Waals surface area contributed by atoms with E-state index < -0.39 is 0 Å². The molecule has 0 amide bonds. The van der Waals surface area contributed by atoms with Gasteiger partial charge in [-0.05, 0) is 38.9 Å². The van der Waals surface area contributed by atoms with Gasteiger partial charge in [-0.25, -0.2) is 0 Å². The lowest BCUT2D eigenvalue weighted by Gasteiger charge is -2.20. The van der Waals surface area contributed by atoms with Gasteiger partial charge in [-0.15, -0.1) is 24.0 Å². The number of aliphatic imine (C=N–C) groups is 1. The fourth-order valence-corrected chi connectivity index (χ4v) is 2.16. The summed E-state index contributed by atoms with van der Waals surface area (Å²) in [5.41, 5.74) is 5.84. The van der Waals surface area contributed by atoms with Crippen LogP contribution in [0.3, 0.4) is 0 Å². The highest BCUT2D eigenvalue weighted by Gasteiger charge is 2.11. The summed E-state index contributed by atoms with van der Waals surface area (Å²) in [6.45, 7) is 11.9. The van der Waals surface area contributed by atoms with Gasteiger partial charge in [0, 0.05) is 32.7 Å². The first-order valence-electron chi connectivity index (χ1n) is 7.52. The van der Waals surface area contributed by atoms with E-state index in [-0.39, 0.29) is 24.0 Å². The first kappa shape index (κ1) is 19.9. The maximum absolute atomic E-state index is 5.84. The minimum atomic E-state index is 0. The maximum Gasteiger partial charge on any atom is 0.188 e. The normalized spacial score (nSPS) is 18.7. The van der Waals surface area contributed by atoms with E-state index in [1.807, 2.05) is 0 Å². The number of nitrogens with zero attached hydrogens (tertiary/aromatic N) is 3. The zero-order valence-corrected chi connectivity index (χ0v) is 15.6. The molecule has 0 spiro atoms. The van der Waals surface area contributed by atoms with Crippen molar-refractivity contribution in [3.05, 3.63) is 0 Å². The number of guanidine groups is 1. The highest BCUT2D eigenvalue weighted by molar-refractivity contribution is 14.0. The molecule has 20 heavy (non-hydrogen) atoms. The van der Waals surface area contributed by atoms with E-state index in [2.05, 4.69) is 41.0 Å². The third-order valence-electron chi connectivity index (χ3n) is 3.53. The van der Waals surface area contributed by atoms with Gasteiger partial charge in [-0.3, -0.25) is 4.99 Å². The Balaban J connectivity index is 0.00000361. The molecular weight excluding hydrogens is 365 g/mol. The lowest BCUT2D eigenvalue weighted by atomic mass is 10.1. The molecule has 0 radical (unpaired) electrons. The van der Waals surface area contributed by atoms with Crippen molar-refractivity contribution in [2.24, 2.45) is 16.6 Å². The minimum absolute atomic E-state index is 0. The second kappa shape index (κ2) is 11.6. The molecule has 120 valence electrons. The van der Waals surface area contributed by atoms with Crippen molar-refractivity contribution >= 4 is 29.9 Å². The number of halogens is 1. The lowest BCUT2D eigenvalue weighted by molar-refractivity contribution is 0.280. The van der Waals surface area contributed by atoms with E-state index in [0.29, 0.717) is 11.9 Å². The van der Waals surface area contributed by atoms with Crippen LogP contribution in [0.5, 0.6) is 0 Å². The molecule has 5 nitrogen and oxygen atoms in total. The van der Waals surface area contributed by atoms with Crippen molar-refractivity contribution in [1.29, 1.82) is 0 Å². The summed E-state index contributed by atoms with van der Waals surface area (Å²) in [5, 5.41) is 3.21. The van der Waals surface area contributed by atoms with Gasteiger partial charge in [0.1, 0.15) is 0 Å². The molecule has 1 aliphatic heterocycles. The zero-order valence-electron chi connectivity index (χ0n) is 13.3. The van der Waals surface area contributed by atoms with Crippen LogP contribution in [-0.4, -0.2) is 68.6 Å². The number of rotatable bonds is 6. The fraction of sp³-hybridized carbons (Fsp3) is 0.929. The second-order valence-corrected chi connectivity index (χ2v) is 5.87. The molecule has 1 rings (SSSR count). The summed E-state index contributed by atoms with van der Waals surface area (Å²) in [5.74, 6) is 1.28. The van der Waals surface area contributed by atoms with Crippen LogP contribution in [-0.2, 0) is 0 Å². The summed E-state index contributed by atoms with van der Waals surface area (Å²) in [4.78, 5) is 9.23. The first-order chi connectivity index (χ1) is 9.08. The number of hydrogen-bond acceptors (Lipinski definition) is 3. The Morgan fingerprint density at radius 2 is 2.00 bits per heavy atom. The largest absolute Gasteiger partial charge is 0.370 e. The zero-order chi connectivity index (χ0) is 14.1. The summed E-state index contributed by atoms with van der Waals surface area (Å²) in [6, 6.07) is 0. The summed E-state index contributed by atoms with van der Waals surface area (Å²) >= 11 is 0. The predicted octanol–water partition coefficient (Wildman–Crippen LogP) is 1.19. The molecule has 3 N–H and O–H groups in total. The van der Waals surface area contributed by atoms with E-state index in [0.717, 1.165) is 39.1 Å². The van der Waals surface area contributed by atoms with Crippen LogP contribution in [0.25, 0.3) is 0 Å².